The Morgan fingerprint density at radius 1 is 0.349 bits per heavy atom. The highest BCUT2D eigenvalue weighted by atomic mass is 16.3. The molecule has 0 spiro atoms. The van der Waals surface area contributed by atoms with E-state index in [4.69, 9.17) is 28.7 Å². The summed E-state index contributed by atoms with van der Waals surface area (Å²) < 4.78 is 0. The number of hydrogen-bond donors (Lipinski definition) is 24. The van der Waals surface area contributed by atoms with Gasteiger partial charge in [0.2, 0.25) is 94.5 Å². The van der Waals surface area contributed by atoms with Gasteiger partial charge in [-0.3, -0.25) is 86.3 Å². The number of amides is 16. The fourth-order valence-electron chi connectivity index (χ4n) is 17.2. The van der Waals surface area contributed by atoms with Crippen molar-refractivity contribution >= 4 is 106 Å². The average Bonchev–Trinajstić information content (AvgIpc) is 1.19. The van der Waals surface area contributed by atoms with Gasteiger partial charge in [-0.2, -0.15) is 0 Å². The third-order valence-corrected chi connectivity index (χ3v) is 25.5. The lowest BCUT2D eigenvalue weighted by atomic mass is 9.87. The maximum absolute atomic E-state index is 14.4. The molecule has 42 nitrogen and oxygen atoms in total. The molecule has 2 saturated heterocycles. The maximum atomic E-state index is 14.4. The third kappa shape index (κ3) is 53.6. The largest absolute Gasteiger partial charge is 0.394 e. The average molecular weight is 2070 g/mol. The molecular weight excluding hydrogens is 1880 g/mol. The van der Waals surface area contributed by atoms with Crippen LogP contribution in [0, 0.1) is 53.3 Å². The van der Waals surface area contributed by atoms with Crippen molar-refractivity contribution in [2.45, 2.75) is 407 Å². The van der Waals surface area contributed by atoms with Crippen LogP contribution in [-0.4, -0.2) is 271 Å². The molecular formula is C104H185N21O21. The first-order chi connectivity index (χ1) is 69.1. The summed E-state index contributed by atoms with van der Waals surface area (Å²) in [6, 6.07) is -8.46. The number of benzene rings is 1. The molecule has 0 saturated carbocycles. The van der Waals surface area contributed by atoms with E-state index in [1.165, 1.54) is 0 Å². The van der Waals surface area contributed by atoms with E-state index in [-0.39, 0.29) is 197 Å². The minimum Gasteiger partial charge on any atom is -0.394 e. The Labute approximate surface area is 865 Å². The van der Waals surface area contributed by atoms with Crippen molar-refractivity contribution in [1.29, 1.82) is 0 Å². The minimum atomic E-state index is -1.55. The Morgan fingerprint density at radius 2 is 0.671 bits per heavy atom. The molecule has 2 aliphatic heterocycles. The molecule has 3 rings (SSSR count). The number of unbranched alkanes of at least 4 members (excludes halogenated alkanes) is 3. The lowest BCUT2D eigenvalue weighted by molar-refractivity contribution is -0.136. The van der Waals surface area contributed by atoms with Gasteiger partial charge in [-0.25, -0.2) is 0 Å². The quantitative estimate of drug-likeness (QED) is 0.0411. The normalized spacial score (nSPS) is 23.6. The molecule has 2 fully saturated rings. The summed E-state index contributed by atoms with van der Waals surface area (Å²) in [4.78, 5) is 251. The van der Waals surface area contributed by atoms with Crippen LogP contribution in [-0.2, 0) is 92.7 Å². The molecule has 0 aromatic heterocycles. The zero-order valence-corrected chi connectivity index (χ0v) is 90.0. The zero-order valence-electron chi connectivity index (χ0n) is 90.0. The van der Waals surface area contributed by atoms with Gasteiger partial charge in [0.05, 0.1) is 43.7 Å². The fraction of sp³-hybridized carbons (Fsp3) is 0.769. The summed E-state index contributed by atoms with van der Waals surface area (Å²) in [5.41, 5.74) is 30.3. The highest BCUT2D eigenvalue weighted by Crippen LogP contribution is 2.24. The van der Waals surface area contributed by atoms with Gasteiger partial charge >= 0.3 is 0 Å². The van der Waals surface area contributed by atoms with Crippen molar-refractivity contribution in [3.63, 3.8) is 0 Å². The standard InChI is InChI=1S/C54H93N11O10.C50H92N10O11/c1-8-15-39-50(71)65-45(29-34(5)6)49(70)58-27-23-43(63-51(72)40(20-24-55)59-47(68)32-38(66)19-14-13-16-35(7)9-2)54(75)62-42(22-26-57)53(74)64-44(28-33(3)4)46(67)31-37(30-36-17-11-10-12-18-36)48(69)60-41(21-25-56)52(73)61-39;1-10-14-35-46(67)60-40(25-32(8)9)45(66)53-22-19-38(58-50(71)41(28-61)54-43(64)27-34(62)16-13-11-12-15-29(2)3)49(70)57-37(18-21-52)48(69)59-39(24-31(6)7)42(63)26-33(23-30(4)5)44(65)55-36(17-20-51)47(68)56-35/h10-12,17-18,33-35,37-45,66H,8-9,13-16,19-32,55-57H2,1-7H3,(H,58,70)(H,59,68)(H,60,69)(H,61,73)(H,62,75)(H,63,72)(H,64,74)(H,65,71);29-41,61-62H,10-28,51-52H2,1-9H3,(H,53,66)(H,54,64)(H,55,65)(H,56,68)(H,57,70)(H,58,71)(H,59,69)(H,60,67)/t35-,37+,38+,39-,40+,41-,42-,43-,44+,45-;33-,34-,35+,36+,37+,38+,39-,40+,41-/m01/s1. The van der Waals surface area contributed by atoms with E-state index in [1.807, 2.05) is 83.1 Å². The smallest absolute Gasteiger partial charge is 0.245 e. The van der Waals surface area contributed by atoms with Crippen LogP contribution in [0.5, 0.6) is 0 Å². The second-order valence-electron chi connectivity index (χ2n) is 41.9. The molecule has 0 unspecified atom stereocenters. The van der Waals surface area contributed by atoms with Gasteiger partial charge in [-0.05, 0) is 189 Å². The van der Waals surface area contributed by atoms with Crippen molar-refractivity contribution in [2.24, 2.45) is 81.9 Å². The first kappa shape index (κ1) is 132. The van der Waals surface area contributed by atoms with Crippen molar-refractivity contribution in [3.05, 3.63) is 35.9 Å². The first-order valence-electron chi connectivity index (χ1n) is 53.5. The number of Topliss-reactive ketones (excluding diaryl/α,β-unsaturated/α-hetero) is 2. The second-order valence-corrected chi connectivity index (χ2v) is 41.9. The molecule has 0 aliphatic carbocycles. The molecule has 146 heavy (non-hydrogen) atoms. The maximum Gasteiger partial charge on any atom is 0.245 e. The number of nitrogens with one attached hydrogen (secondary N) is 16. The molecule has 1 aromatic carbocycles. The summed E-state index contributed by atoms with van der Waals surface area (Å²) in [6.07, 6.45) is 6.42. The van der Waals surface area contributed by atoms with Crippen LogP contribution >= 0.6 is 0 Å². The Morgan fingerprint density at radius 3 is 1.03 bits per heavy atom. The highest BCUT2D eigenvalue weighted by Gasteiger charge is 2.41. The van der Waals surface area contributed by atoms with Crippen LogP contribution < -0.4 is 114 Å². The van der Waals surface area contributed by atoms with Crippen LogP contribution in [0.15, 0.2) is 30.3 Å². The third-order valence-electron chi connectivity index (χ3n) is 25.5. The van der Waals surface area contributed by atoms with Crippen LogP contribution in [0.3, 0.4) is 0 Å². The number of carbonyl (C=O) groups is 18. The van der Waals surface area contributed by atoms with Crippen LogP contribution in [0.2, 0.25) is 0 Å². The Bertz CT molecular complexity index is 4170. The molecule has 1 aromatic rings. The molecule has 19 atom stereocenters. The second kappa shape index (κ2) is 73.0. The lowest BCUT2D eigenvalue weighted by Gasteiger charge is -2.28. The number of aliphatic hydroxyl groups is 3. The number of ketones is 2. The minimum absolute atomic E-state index is 0.00346. The molecule has 16 amide bonds. The molecule has 2 heterocycles. The Hall–Kier alpha value is -10.2. The van der Waals surface area contributed by atoms with E-state index in [2.05, 4.69) is 113 Å². The van der Waals surface area contributed by atoms with E-state index in [0.717, 1.165) is 50.5 Å². The molecule has 29 N–H and O–H groups in total. The Balaban J connectivity index is 0.000000988. The molecule has 42 heteroatoms. The van der Waals surface area contributed by atoms with E-state index in [0.29, 0.717) is 43.9 Å². The Kier molecular flexibility index (Phi) is 65.9. The van der Waals surface area contributed by atoms with E-state index < -0.39 is 221 Å². The number of hydrogen-bond acceptors (Lipinski definition) is 26. The topological polar surface area (TPSA) is 691 Å². The summed E-state index contributed by atoms with van der Waals surface area (Å²) >= 11 is 0. The summed E-state index contributed by atoms with van der Waals surface area (Å²) in [7, 11) is 0. The van der Waals surface area contributed by atoms with Crippen molar-refractivity contribution in [2.75, 3.05) is 52.4 Å². The number of rotatable bonds is 49. The van der Waals surface area contributed by atoms with Crippen LogP contribution in [0.1, 0.15) is 309 Å². The van der Waals surface area contributed by atoms with Gasteiger partial charge in [0.15, 0.2) is 11.6 Å². The molecule has 2 aliphatic rings. The van der Waals surface area contributed by atoms with Gasteiger partial charge in [-0.1, -0.05) is 205 Å². The van der Waals surface area contributed by atoms with Gasteiger partial charge < -0.3 is 129 Å². The summed E-state index contributed by atoms with van der Waals surface area (Å²) in [5, 5.41) is 74.5. The van der Waals surface area contributed by atoms with Crippen LogP contribution in [0.4, 0.5) is 0 Å². The predicted octanol–water partition coefficient (Wildman–Crippen LogP) is 1.48. The van der Waals surface area contributed by atoms with Crippen LogP contribution in [0.25, 0.3) is 0 Å². The van der Waals surface area contributed by atoms with Crippen molar-refractivity contribution < 1.29 is 102 Å². The fourth-order valence-corrected chi connectivity index (χ4v) is 17.2. The molecule has 0 bridgehead atoms. The van der Waals surface area contributed by atoms with Gasteiger partial charge in [0.25, 0.3) is 0 Å². The monoisotopic (exact) mass is 2060 g/mol. The molecule has 0 radical (unpaired) electrons. The lowest BCUT2D eigenvalue weighted by Crippen LogP contribution is -2.59. The van der Waals surface area contributed by atoms with Crippen molar-refractivity contribution in [3.8, 4) is 0 Å². The van der Waals surface area contributed by atoms with Crippen molar-refractivity contribution in [1.82, 2.24) is 85.1 Å². The summed E-state index contributed by atoms with van der Waals surface area (Å²) in [6.45, 7) is 29.1. The van der Waals surface area contributed by atoms with Gasteiger partial charge in [0, 0.05) is 37.8 Å². The van der Waals surface area contributed by atoms with E-state index in [9.17, 15) is 102 Å². The molecule has 832 valence electrons. The summed E-state index contributed by atoms with van der Waals surface area (Å²) in [5.74, 6) is -13.8. The SMILES string of the molecule is CCC[C@@H]1NC(=O)[C@H](CCN)NC(=O)[C@H](CC(C)C)CC(=O)[C@@H](CC(C)C)NC(=O)[C@H](CCN)NC(=O)[C@@H](NC(=O)[C@@H](CO)NC(=O)C[C@H](O)CCCCCC(C)C)CCNC(=O)[C@H](CC(C)C)NC1=O.CCC[C@@H]1NC(=O)[C@H](CCN)NC(=O)[C@H](Cc2ccccc2)CC(=O)[C@@H](CC(C)C)NC(=O)[C@H](CCN)NC(=O)[C@@H](NC(=O)[C@@H](CCN)NC(=O)C[C@H](O)CCCC[C@@H](C)CC)CCNC(=O)[C@H](CC(C)C)NC1=O. The highest BCUT2D eigenvalue weighted by molar-refractivity contribution is 6.01. The van der Waals surface area contributed by atoms with E-state index in [1.54, 1.807) is 30.3 Å². The van der Waals surface area contributed by atoms with Gasteiger partial charge in [0.1, 0.15) is 72.5 Å². The number of nitrogens with two attached hydrogens (primary N) is 5. The number of aliphatic hydroxyl groups excluding tert-OH is 3. The van der Waals surface area contributed by atoms with Gasteiger partial charge in [-0.15, -0.1) is 0 Å². The van der Waals surface area contributed by atoms with E-state index >= 15 is 0 Å². The predicted molar refractivity (Wildman–Crippen MR) is 558 cm³/mol. The first-order valence-corrected chi connectivity index (χ1v) is 53.5. The number of carbonyl (C=O) groups excluding carboxylic acids is 18. The zero-order chi connectivity index (χ0) is 110.